The number of benzene rings is 3. The van der Waals surface area contributed by atoms with Gasteiger partial charge in [-0.25, -0.2) is 9.97 Å². The van der Waals surface area contributed by atoms with Crippen LogP contribution in [0.25, 0.3) is 56.1 Å². The molecule has 6 aromatic rings. The van der Waals surface area contributed by atoms with Crippen molar-refractivity contribution in [1.29, 1.82) is 0 Å². The largest absolute Gasteiger partial charge is 0.507 e. The smallest absolute Gasteiger partial charge is 0.160 e. The fourth-order valence-electron chi connectivity index (χ4n) is 6.65. The third kappa shape index (κ3) is 7.08. The van der Waals surface area contributed by atoms with Crippen LogP contribution < -0.4 is 0 Å². The topological polar surface area (TPSA) is 63.8 Å². The maximum Gasteiger partial charge on any atom is 0.160 e. The summed E-state index contributed by atoms with van der Waals surface area (Å²) in [7, 11) is 1.99. The molecular weight excluding hydrogens is 625 g/mol. The van der Waals surface area contributed by atoms with E-state index in [0.29, 0.717) is 5.82 Å². The molecule has 5 heteroatoms. The Labute approximate surface area is 304 Å². The fraction of sp³-hybridized carbons (Fsp3) is 0.370. The Kier molecular flexibility index (Phi) is 8.81. The highest BCUT2D eigenvalue weighted by atomic mass is 16.3. The molecular formula is C46H54N4O. The number of rotatable bonds is 4. The lowest BCUT2D eigenvalue weighted by Gasteiger charge is -2.27. The first-order chi connectivity index (χ1) is 23.6. The van der Waals surface area contributed by atoms with Gasteiger partial charge in [-0.15, -0.1) is 0 Å². The number of aromatic nitrogens is 4. The van der Waals surface area contributed by atoms with E-state index in [2.05, 4.69) is 144 Å². The van der Waals surface area contributed by atoms with E-state index in [9.17, 15) is 5.11 Å². The van der Waals surface area contributed by atoms with Crippen LogP contribution in [0.3, 0.4) is 0 Å². The molecule has 0 aliphatic carbocycles. The molecule has 6 rings (SSSR count). The minimum Gasteiger partial charge on any atom is -0.507 e. The van der Waals surface area contributed by atoms with Crippen molar-refractivity contribution in [3.63, 3.8) is 0 Å². The number of hydrogen-bond donors (Lipinski definition) is 1. The van der Waals surface area contributed by atoms with Crippen molar-refractivity contribution in [1.82, 2.24) is 19.5 Å². The minimum absolute atomic E-state index is 0.0121. The second-order valence-electron chi connectivity index (χ2n) is 18.3. The molecule has 0 saturated heterocycles. The highest BCUT2D eigenvalue weighted by Crippen LogP contribution is 2.44. The molecule has 0 saturated carbocycles. The Balaban J connectivity index is 1.63. The Morgan fingerprint density at radius 3 is 1.67 bits per heavy atom. The van der Waals surface area contributed by atoms with Crippen molar-refractivity contribution < 1.29 is 5.11 Å². The number of fused-ring (bicyclic) bond motifs is 1. The predicted molar refractivity (Wildman–Crippen MR) is 215 cm³/mol. The first kappa shape index (κ1) is 36.0. The van der Waals surface area contributed by atoms with Crippen LogP contribution in [0.1, 0.15) is 105 Å². The minimum atomic E-state index is -0.256. The molecule has 3 aromatic carbocycles. The van der Waals surface area contributed by atoms with E-state index >= 15 is 0 Å². The third-order valence-electron chi connectivity index (χ3n) is 9.99. The fourth-order valence-corrected chi connectivity index (χ4v) is 6.65. The molecule has 0 spiro atoms. The second kappa shape index (κ2) is 12.5. The van der Waals surface area contributed by atoms with Gasteiger partial charge in [0.25, 0.3) is 0 Å². The molecule has 5 nitrogen and oxygen atoms in total. The number of phenols is 1. The van der Waals surface area contributed by atoms with E-state index in [1.54, 1.807) is 0 Å². The van der Waals surface area contributed by atoms with E-state index in [-0.39, 0.29) is 27.4 Å². The Hall–Kier alpha value is -4.77. The molecule has 0 amide bonds. The maximum absolute atomic E-state index is 11.8. The van der Waals surface area contributed by atoms with Gasteiger partial charge in [0.15, 0.2) is 5.65 Å². The molecule has 0 aliphatic rings. The summed E-state index contributed by atoms with van der Waals surface area (Å²) in [4.78, 5) is 14.9. The van der Waals surface area contributed by atoms with Gasteiger partial charge in [0.2, 0.25) is 0 Å². The first-order valence-corrected chi connectivity index (χ1v) is 18.1. The summed E-state index contributed by atoms with van der Waals surface area (Å²) in [6.07, 6.45) is 3.71. The van der Waals surface area contributed by atoms with Crippen LogP contribution in [0.2, 0.25) is 0 Å². The summed E-state index contributed by atoms with van der Waals surface area (Å²) in [5.74, 6) is 0.955. The quantitative estimate of drug-likeness (QED) is 0.202. The van der Waals surface area contributed by atoms with Gasteiger partial charge in [0.1, 0.15) is 17.1 Å². The zero-order chi connectivity index (χ0) is 37.3. The molecule has 3 aromatic heterocycles. The van der Waals surface area contributed by atoms with Crippen molar-refractivity contribution in [2.45, 2.75) is 105 Å². The molecule has 0 radical (unpaired) electrons. The van der Waals surface area contributed by atoms with Gasteiger partial charge in [-0.3, -0.25) is 4.98 Å². The predicted octanol–water partition coefficient (Wildman–Crippen LogP) is 11.9. The molecule has 0 fully saturated rings. The van der Waals surface area contributed by atoms with Crippen molar-refractivity contribution in [3.8, 4) is 50.6 Å². The van der Waals surface area contributed by atoms with Crippen LogP contribution >= 0.6 is 0 Å². The maximum atomic E-state index is 11.8. The van der Waals surface area contributed by atoms with Crippen LogP contribution in [0.5, 0.6) is 5.75 Å². The Bertz CT molecular complexity index is 2220. The van der Waals surface area contributed by atoms with E-state index < -0.39 is 0 Å². The monoisotopic (exact) mass is 678 g/mol. The lowest BCUT2D eigenvalue weighted by molar-refractivity contribution is 0.446. The summed E-state index contributed by atoms with van der Waals surface area (Å²) in [5, 5.41) is 11.8. The molecule has 0 atom stereocenters. The number of hydrogen-bond acceptors (Lipinski definition) is 4. The number of phenolic OH excluding ortho intramolecular Hbond substituents is 1. The lowest BCUT2D eigenvalue weighted by Crippen LogP contribution is -2.17. The van der Waals surface area contributed by atoms with Gasteiger partial charge in [0, 0.05) is 36.1 Å². The summed E-state index contributed by atoms with van der Waals surface area (Å²) >= 11 is 0. The van der Waals surface area contributed by atoms with Crippen LogP contribution in [0.4, 0.5) is 0 Å². The van der Waals surface area contributed by atoms with Crippen molar-refractivity contribution >= 4 is 11.2 Å². The average molecular weight is 679 g/mol. The number of aromatic hydroxyl groups is 1. The third-order valence-corrected chi connectivity index (χ3v) is 9.99. The Morgan fingerprint density at radius 1 is 0.529 bits per heavy atom. The Morgan fingerprint density at radius 2 is 1.10 bits per heavy atom. The van der Waals surface area contributed by atoms with Crippen LogP contribution in [-0.2, 0) is 28.7 Å². The first-order valence-electron chi connectivity index (χ1n) is 18.1. The SMILES string of the molecule is Cn1c(-c2cc(C(C)(C)C)cc(C(C)(C)C)c2O)nc2c(-c3cc(-c4cc(C(C)(C)C)cc(C(C)(C)C)c4)cc(-c4ccccn4)c3)ccnc21. The second-order valence-corrected chi connectivity index (χ2v) is 18.3. The summed E-state index contributed by atoms with van der Waals surface area (Å²) in [5.41, 5.74) is 12.8. The average Bonchev–Trinajstić information content (AvgIpc) is 3.39. The lowest BCUT2D eigenvalue weighted by atomic mass is 9.78. The van der Waals surface area contributed by atoms with E-state index in [0.717, 1.165) is 55.8 Å². The standard InChI is InChI=1S/C46H54N4O/c1-43(2,3)32-23-29(24-33(25-32)44(4,5)6)28-20-30(22-31(21-28)38-16-14-15-18-47-38)35-17-19-48-42-39(35)49-41(50(42)13)36-26-34(45(7,8)9)27-37(40(36)51)46(10,11)12/h14-27,51H,1-13H3. The summed E-state index contributed by atoms with van der Waals surface area (Å²) in [6.45, 7) is 26.7. The van der Waals surface area contributed by atoms with Gasteiger partial charge in [-0.2, -0.15) is 0 Å². The summed E-state index contributed by atoms with van der Waals surface area (Å²) < 4.78 is 2.01. The van der Waals surface area contributed by atoms with Crippen molar-refractivity contribution in [3.05, 3.63) is 107 Å². The molecule has 1 N–H and O–H groups in total. The highest BCUT2D eigenvalue weighted by Gasteiger charge is 2.28. The van der Waals surface area contributed by atoms with Crippen LogP contribution in [0.15, 0.2) is 85.2 Å². The van der Waals surface area contributed by atoms with Gasteiger partial charge in [0.05, 0.1) is 11.3 Å². The van der Waals surface area contributed by atoms with E-state index in [1.807, 2.05) is 36.1 Å². The van der Waals surface area contributed by atoms with Gasteiger partial charge < -0.3 is 9.67 Å². The molecule has 0 bridgehead atoms. The van der Waals surface area contributed by atoms with Gasteiger partial charge >= 0.3 is 0 Å². The molecule has 51 heavy (non-hydrogen) atoms. The van der Waals surface area contributed by atoms with E-state index in [4.69, 9.17) is 15.0 Å². The summed E-state index contributed by atoms with van der Waals surface area (Å²) in [6, 6.07) is 26.1. The molecule has 0 aliphatic heterocycles. The van der Waals surface area contributed by atoms with Crippen molar-refractivity contribution in [2.24, 2.45) is 7.05 Å². The number of pyridine rings is 2. The van der Waals surface area contributed by atoms with Crippen molar-refractivity contribution in [2.75, 3.05) is 0 Å². The number of imidazole rings is 1. The van der Waals surface area contributed by atoms with E-state index in [1.165, 1.54) is 16.7 Å². The van der Waals surface area contributed by atoms with Gasteiger partial charge in [-0.05, 0) is 97.5 Å². The number of nitrogens with zero attached hydrogens (tertiary/aromatic N) is 4. The molecule has 264 valence electrons. The molecule has 0 unspecified atom stereocenters. The highest BCUT2D eigenvalue weighted by molar-refractivity contribution is 5.94. The normalized spacial score (nSPS) is 12.9. The van der Waals surface area contributed by atoms with Gasteiger partial charge in [-0.1, -0.05) is 113 Å². The van der Waals surface area contributed by atoms with Crippen LogP contribution in [0, 0.1) is 0 Å². The number of aryl methyl sites for hydroxylation is 1. The molecule has 3 heterocycles. The zero-order valence-corrected chi connectivity index (χ0v) is 32.8. The zero-order valence-electron chi connectivity index (χ0n) is 32.8. The van der Waals surface area contributed by atoms with Crippen LogP contribution in [-0.4, -0.2) is 24.6 Å².